The lowest BCUT2D eigenvalue weighted by Crippen LogP contribution is -2.30. The Bertz CT molecular complexity index is 266. The first kappa shape index (κ1) is 13.0. The number of hydrogen-bond donors (Lipinski definition) is 1. The molecule has 0 aromatic rings. The van der Waals surface area contributed by atoms with Crippen molar-refractivity contribution >= 4 is 9.84 Å². The molecule has 1 aliphatic carbocycles. The fourth-order valence-corrected chi connectivity index (χ4v) is 3.83. The van der Waals surface area contributed by atoms with E-state index in [4.69, 9.17) is 0 Å². The Labute approximate surface area is 93.6 Å². The average Bonchev–Trinajstić information content (AvgIpc) is 2.65. The van der Waals surface area contributed by atoms with Crippen LogP contribution >= 0.6 is 0 Å². The first-order chi connectivity index (χ1) is 7.02. The molecule has 1 rings (SSSR count). The molecule has 0 aliphatic heterocycles. The quantitative estimate of drug-likeness (QED) is 0.709. The Kier molecular flexibility index (Phi) is 5.06. The van der Waals surface area contributed by atoms with Crippen LogP contribution in [0.15, 0.2) is 0 Å². The summed E-state index contributed by atoms with van der Waals surface area (Å²) in [5, 5.41) is 3.14. The normalized spacial score (nSPS) is 18.9. The van der Waals surface area contributed by atoms with Gasteiger partial charge in [0, 0.05) is 6.54 Å². The summed E-state index contributed by atoms with van der Waals surface area (Å²) in [4.78, 5) is 0. The van der Waals surface area contributed by atoms with Crippen LogP contribution in [0.1, 0.15) is 39.5 Å². The summed E-state index contributed by atoms with van der Waals surface area (Å²) in [6.07, 6.45) is 3.94. The zero-order chi connectivity index (χ0) is 11.3. The molecule has 0 spiro atoms. The molecule has 90 valence electrons. The standard InChI is InChI=1S/C11H23NO2S/c1-10(2)9-12-7-8-15(13,14)11-5-3-4-6-11/h10-12H,3-9H2,1-2H3. The van der Waals surface area contributed by atoms with Crippen LogP contribution in [0.4, 0.5) is 0 Å². The molecule has 0 unspecified atom stereocenters. The summed E-state index contributed by atoms with van der Waals surface area (Å²) in [6, 6.07) is 0. The molecule has 1 saturated carbocycles. The largest absolute Gasteiger partial charge is 0.315 e. The smallest absolute Gasteiger partial charge is 0.154 e. The minimum absolute atomic E-state index is 0.0432. The molecule has 4 heteroatoms. The maximum atomic E-state index is 11.8. The van der Waals surface area contributed by atoms with Gasteiger partial charge in [0.25, 0.3) is 0 Å². The van der Waals surface area contributed by atoms with Crippen molar-refractivity contribution < 1.29 is 8.42 Å². The highest BCUT2D eigenvalue weighted by molar-refractivity contribution is 7.92. The highest BCUT2D eigenvalue weighted by Crippen LogP contribution is 2.24. The SMILES string of the molecule is CC(C)CNCCS(=O)(=O)C1CCCC1. The third kappa shape index (κ3) is 4.51. The number of hydrogen-bond acceptors (Lipinski definition) is 3. The molecule has 1 fully saturated rings. The predicted octanol–water partition coefficient (Wildman–Crippen LogP) is 1.59. The minimum atomic E-state index is -2.82. The molecule has 0 radical (unpaired) electrons. The lowest BCUT2D eigenvalue weighted by molar-refractivity contribution is 0.551. The van der Waals surface area contributed by atoms with Gasteiger partial charge in [-0.2, -0.15) is 0 Å². The van der Waals surface area contributed by atoms with E-state index in [1.807, 2.05) is 0 Å². The van der Waals surface area contributed by atoms with Crippen molar-refractivity contribution in [3.8, 4) is 0 Å². The molecular weight excluding hydrogens is 210 g/mol. The van der Waals surface area contributed by atoms with Crippen molar-refractivity contribution in [1.82, 2.24) is 5.32 Å². The molecule has 15 heavy (non-hydrogen) atoms. The van der Waals surface area contributed by atoms with Gasteiger partial charge in [0.2, 0.25) is 0 Å². The molecule has 0 amide bonds. The Balaban J connectivity index is 2.24. The van der Waals surface area contributed by atoms with Gasteiger partial charge in [-0.15, -0.1) is 0 Å². The highest BCUT2D eigenvalue weighted by atomic mass is 32.2. The van der Waals surface area contributed by atoms with E-state index in [0.29, 0.717) is 18.2 Å². The maximum absolute atomic E-state index is 11.8. The van der Waals surface area contributed by atoms with Gasteiger partial charge >= 0.3 is 0 Å². The zero-order valence-corrected chi connectivity index (χ0v) is 10.6. The summed E-state index contributed by atoms with van der Waals surface area (Å²) in [5.74, 6) is 0.892. The number of rotatable bonds is 6. The second-order valence-corrected chi connectivity index (χ2v) is 7.27. The van der Waals surface area contributed by atoms with Crippen LogP contribution in [0.2, 0.25) is 0 Å². The van der Waals surface area contributed by atoms with E-state index in [9.17, 15) is 8.42 Å². The molecule has 0 saturated heterocycles. The summed E-state index contributed by atoms with van der Waals surface area (Å²) in [5.41, 5.74) is 0. The van der Waals surface area contributed by atoms with Crippen LogP contribution in [0.25, 0.3) is 0 Å². The molecular formula is C11H23NO2S. The zero-order valence-electron chi connectivity index (χ0n) is 9.83. The molecule has 0 aromatic carbocycles. The van der Waals surface area contributed by atoms with Gasteiger partial charge < -0.3 is 5.32 Å². The molecule has 0 aromatic heterocycles. The second kappa shape index (κ2) is 5.85. The van der Waals surface area contributed by atoms with Gasteiger partial charge in [-0.05, 0) is 25.3 Å². The number of sulfone groups is 1. The lowest BCUT2D eigenvalue weighted by Gasteiger charge is -2.12. The van der Waals surface area contributed by atoms with E-state index in [1.54, 1.807) is 0 Å². The van der Waals surface area contributed by atoms with Crippen molar-refractivity contribution in [2.24, 2.45) is 5.92 Å². The van der Waals surface area contributed by atoms with Crippen LogP contribution in [-0.4, -0.2) is 32.5 Å². The van der Waals surface area contributed by atoms with Crippen molar-refractivity contribution in [3.63, 3.8) is 0 Å². The van der Waals surface area contributed by atoms with E-state index >= 15 is 0 Å². The Morgan fingerprint density at radius 2 is 1.87 bits per heavy atom. The van der Waals surface area contributed by atoms with E-state index in [2.05, 4.69) is 19.2 Å². The summed E-state index contributed by atoms with van der Waals surface area (Å²) in [6.45, 7) is 5.76. The van der Waals surface area contributed by atoms with Gasteiger partial charge in [0.15, 0.2) is 9.84 Å². The van der Waals surface area contributed by atoms with Crippen LogP contribution in [0.5, 0.6) is 0 Å². The van der Waals surface area contributed by atoms with E-state index in [0.717, 1.165) is 32.2 Å². The molecule has 1 aliphatic rings. The van der Waals surface area contributed by atoms with Gasteiger partial charge in [0.05, 0.1) is 11.0 Å². The van der Waals surface area contributed by atoms with Gasteiger partial charge in [-0.25, -0.2) is 8.42 Å². The monoisotopic (exact) mass is 233 g/mol. The highest BCUT2D eigenvalue weighted by Gasteiger charge is 2.27. The summed E-state index contributed by atoms with van der Waals surface area (Å²) < 4.78 is 23.7. The van der Waals surface area contributed by atoms with Crippen molar-refractivity contribution in [3.05, 3.63) is 0 Å². The van der Waals surface area contributed by atoms with Crippen LogP contribution in [0.3, 0.4) is 0 Å². The fraction of sp³-hybridized carbons (Fsp3) is 1.00. The Morgan fingerprint density at radius 3 is 2.40 bits per heavy atom. The van der Waals surface area contributed by atoms with Gasteiger partial charge in [-0.3, -0.25) is 0 Å². The number of nitrogens with one attached hydrogen (secondary N) is 1. The Morgan fingerprint density at radius 1 is 1.27 bits per heavy atom. The third-order valence-corrected chi connectivity index (χ3v) is 5.19. The van der Waals surface area contributed by atoms with Crippen molar-refractivity contribution in [2.75, 3.05) is 18.8 Å². The molecule has 0 heterocycles. The van der Waals surface area contributed by atoms with Gasteiger partial charge in [0.1, 0.15) is 0 Å². The average molecular weight is 233 g/mol. The first-order valence-corrected chi connectivity index (χ1v) is 7.66. The van der Waals surface area contributed by atoms with Crippen molar-refractivity contribution in [1.29, 1.82) is 0 Å². The Hall–Kier alpha value is -0.0900. The molecule has 1 N–H and O–H groups in total. The van der Waals surface area contributed by atoms with Crippen molar-refractivity contribution in [2.45, 2.75) is 44.8 Å². The predicted molar refractivity (Wildman–Crippen MR) is 63.8 cm³/mol. The topological polar surface area (TPSA) is 46.2 Å². The van der Waals surface area contributed by atoms with E-state index in [1.165, 1.54) is 0 Å². The van der Waals surface area contributed by atoms with Gasteiger partial charge in [-0.1, -0.05) is 26.7 Å². The van der Waals surface area contributed by atoms with Crippen LogP contribution in [-0.2, 0) is 9.84 Å². The molecule has 0 bridgehead atoms. The fourth-order valence-electron chi connectivity index (χ4n) is 2.02. The van der Waals surface area contributed by atoms with E-state index < -0.39 is 9.84 Å². The summed E-state index contributed by atoms with van der Waals surface area (Å²) >= 11 is 0. The lowest BCUT2D eigenvalue weighted by atomic mass is 10.2. The third-order valence-electron chi connectivity index (χ3n) is 2.93. The van der Waals surface area contributed by atoms with Crippen LogP contribution < -0.4 is 5.32 Å². The second-order valence-electron chi connectivity index (χ2n) is 4.87. The first-order valence-electron chi connectivity index (χ1n) is 5.94. The molecule has 0 atom stereocenters. The van der Waals surface area contributed by atoms with Crippen LogP contribution in [0, 0.1) is 5.92 Å². The molecule has 3 nitrogen and oxygen atoms in total. The maximum Gasteiger partial charge on any atom is 0.154 e. The van der Waals surface area contributed by atoms with E-state index in [-0.39, 0.29) is 5.25 Å². The summed E-state index contributed by atoms with van der Waals surface area (Å²) in [7, 11) is -2.82. The minimum Gasteiger partial charge on any atom is -0.315 e.